The minimum Gasteiger partial charge on any atom is -0.352 e. The lowest BCUT2D eigenvalue weighted by Gasteiger charge is -2.37. The first kappa shape index (κ1) is 17.4. The summed E-state index contributed by atoms with van der Waals surface area (Å²) in [4.78, 5) is 17.0. The number of carbonyl (C=O) groups excluding carboxylic acids is 1. The Labute approximate surface area is 146 Å². The van der Waals surface area contributed by atoms with Crippen LogP contribution in [0.1, 0.15) is 37.3 Å². The molecule has 2 fully saturated rings. The number of hydrogen-bond donors (Lipinski definition) is 1. The zero-order chi connectivity index (χ0) is 16.9. The summed E-state index contributed by atoms with van der Waals surface area (Å²) in [6.45, 7) is 9.56. The van der Waals surface area contributed by atoms with Gasteiger partial charge >= 0.3 is 0 Å². The number of amides is 1. The second kappa shape index (κ2) is 8.13. The predicted octanol–water partition coefficient (Wildman–Crippen LogP) is 2.21. The van der Waals surface area contributed by atoms with Crippen LogP contribution in [0.4, 0.5) is 0 Å². The van der Waals surface area contributed by atoms with Crippen molar-refractivity contribution in [3.8, 4) is 0 Å². The van der Waals surface area contributed by atoms with Crippen LogP contribution in [0.25, 0.3) is 0 Å². The molecule has 2 aliphatic rings. The summed E-state index contributed by atoms with van der Waals surface area (Å²) >= 11 is 0. The first-order valence-corrected chi connectivity index (χ1v) is 9.45. The van der Waals surface area contributed by atoms with E-state index >= 15 is 0 Å². The van der Waals surface area contributed by atoms with Crippen LogP contribution in [0.2, 0.25) is 0 Å². The van der Waals surface area contributed by atoms with Gasteiger partial charge in [0.2, 0.25) is 5.91 Å². The molecule has 3 rings (SSSR count). The molecule has 1 aromatic carbocycles. The van der Waals surface area contributed by atoms with E-state index in [2.05, 4.69) is 46.3 Å². The van der Waals surface area contributed by atoms with Crippen LogP contribution in [0, 0.1) is 6.92 Å². The molecular formula is C20H31N3O. The number of carbonyl (C=O) groups is 1. The van der Waals surface area contributed by atoms with E-state index in [9.17, 15) is 4.79 Å². The normalized spacial score (nSPS) is 20.8. The van der Waals surface area contributed by atoms with Crippen molar-refractivity contribution in [2.45, 2.75) is 51.6 Å². The highest BCUT2D eigenvalue weighted by Gasteiger charge is 2.29. The largest absolute Gasteiger partial charge is 0.352 e. The van der Waals surface area contributed by atoms with Crippen molar-refractivity contribution < 1.29 is 4.79 Å². The van der Waals surface area contributed by atoms with E-state index < -0.39 is 0 Å². The molecule has 4 heteroatoms. The number of benzene rings is 1. The van der Waals surface area contributed by atoms with Gasteiger partial charge in [0.1, 0.15) is 0 Å². The molecule has 1 aromatic rings. The van der Waals surface area contributed by atoms with Gasteiger partial charge in [0, 0.05) is 32.2 Å². The van der Waals surface area contributed by atoms with Gasteiger partial charge < -0.3 is 10.2 Å². The maximum atomic E-state index is 12.2. The molecule has 1 heterocycles. The minimum atomic E-state index is 0.0136. The Kier molecular flexibility index (Phi) is 5.90. The zero-order valence-electron chi connectivity index (χ0n) is 15.1. The van der Waals surface area contributed by atoms with Gasteiger partial charge in [0.15, 0.2) is 0 Å². The molecule has 0 radical (unpaired) electrons. The third-order valence-corrected chi connectivity index (χ3v) is 5.44. The maximum absolute atomic E-state index is 12.2. The van der Waals surface area contributed by atoms with E-state index in [-0.39, 0.29) is 11.9 Å². The number of piperazine rings is 1. The van der Waals surface area contributed by atoms with Crippen LogP contribution in [-0.2, 0) is 11.2 Å². The Morgan fingerprint density at radius 2 is 1.92 bits per heavy atom. The Morgan fingerprint density at radius 3 is 2.58 bits per heavy atom. The monoisotopic (exact) mass is 329 g/mol. The van der Waals surface area contributed by atoms with E-state index in [1.807, 2.05) is 6.92 Å². The molecule has 1 aliphatic heterocycles. The number of nitrogens with zero attached hydrogens (tertiary/aromatic N) is 2. The van der Waals surface area contributed by atoms with E-state index in [1.165, 1.54) is 17.5 Å². The molecule has 24 heavy (non-hydrogen) atoms. The van der Waals surface area contributed by atoms with Gasteiger partial charge in [-0.1, -0.05) is 24.3 Å². The average Bonchev–Trinajstić information content (AvgIpc) is 3.40. The molecule has 0 unspecified atom stereocenters. The lowest BCUT2D eigenvalue weighted by Crippen LogP contribution is -2.54. The molecule has 1 N–H and O–H groups in total. The summed E-state index contributed by atoms with van der Waals surface area (Å²) in [5.41, 5.74) is 2.87. The summed E-state index contributed by atoms with van der Waals surface area (Å²) in [6, 6.07) is 9.16. The van der Waals surface area contributed by atoms with Gasteiger partial charge in [-0.25, -0.2) is 0 Å². The number of aryl methyl sites for hydroxylation is 2. The average molecular weight is 329 g/mol. The molecule has 0 aromatic heterocycles. The van der Waals surface area contributed by atoms with Crippen LogP contribution >= 0.6 is 0 Å². The lowest BCUT2D eigenvalue weighted by molar-refractivity contribution is -0.126. The Hall–Kier alpha value is -1.39. The standard InChI is InChI=1S/C20H31N3O/c1-16-6-3-4-7-18(16)8-5-11-22-12-14-23(15-13-22)17(2)20(24)21-19-9-10-19/h3-4,6-7,17,19H,5,8-15H2,1-2H3,(H,21,24)/t17-/m0/s1. The maximum Gasteiger partial charge on any atom is 0.237 e. The van der Waals surface area contributed by atoms with Crippen molar-refractivity contribution in [3.63, 3.8) is 0 Å². The molecule has 1 aliphatic carbocycles. The number of nitrogens with one attached hydrogen (secondary N) is 1. The fourth-order valence-electron chi connectivity index (χ4n) is 3.47. The van der Waals surface area contributed by atoms with Crippen molar-refractivity contribution in [2.24, 2.45) is 0 Å². The molecule has 0 spiro atoms. The van der Waals surface area contributed by atoms with Gasteiger partial charge in [0.05, 0.1) is 6.04 Å². The Bertz CT molecular complexity index is 548. The fourth-order valence-corrected chi connectivity index (χ4v) is 3.47. The molecule has 132 valence electrons. The highest BCUT2D eigenvalue weighted by atomic mass is 16.2. The van der Waals surface area contributed by atoms with Gasteiger partial charge in [-0.3, -0.25) is 9.69 Å². The van der Waals surface area contributed by atoms with Crippen LogP contribution in [0.5, 0.6) is 0 Å². The topological polar surface area (TPSA) is 35.6 Å². The van der Waals surface area contributed by atoms with Crippen molar-refractivity contribution in [1.29, 1.82) is 0 Å². The third-order valence-electron chi connectivity index (χ3n) is 5.44. The van der Waals surface area contributed by atoms with E-state index in [1.54, 1.807) is 0 Å². The third kappa shape index (κ3) is 4.81. The SMILES string of the molecule is Cc1ccccc1CCCN1CCN([C@@H](C)C(=O)NC2CC2)CC1. The lowest BCUT2D eigenvalue weighted by atomic mass is 10.0. The highest BCUT2D eigenvalue weighted by molar-refractivity contribution is 5.81. The quantitative estimate of drug-likeness (QED) is 0.833. The highest BCUT2D eigenvalue weighted by Crippen LogP contribution is 2.19. The smallest absolute Gasteiger partial charge is 0.237 e. The van der Waals surface area contributed by atoms with Crippen molar-refractivity contribution in [3.05, 3.63) is 35.4 Å². The zero-order valence-corrected chi connectivity index (χ0v) is 15.1. The number of hydrogen-bond acceptors (Lipinski definition) is 3. The first-order chi connectivity index (χ1) is 11.6. The van der Waals surface area contributed by atoms with Crippen molar-refractivity contribution in [1.82, 2.24) is 15.1 Å². The fraction of sp³-hybridized carbons (Fsp3) is 0.650. The Balaban J connectivity index is 1.35. The predicted molar refractivity (Wildman–Crippen MR) is 98.1 cm³/mol. The molecule has 1 saturated carbocycles. The molecule has 0 bridgehead atoms. The van der Waals surface area contributed by atoms with E-state index in [0.29, 0.717) is 6.04 Å². The summed E-state index contributed by atoms with van der Waals surface area (Å²) < 4.78 is 0. The van der Waals surface area contributed by atoms with Gasteiger partial charge in [-0.2, -0.15) is 0 Å². The van der Waals surface area contributed by atoms with Crippen LogP contribution in [0.3, 0.4) is 0 Å². The first-order valence-electron chi connectivity index (χ1n) is 9.45. The van der Waals surface area contributed by atoms with E-state index in [0.717, 1.165) is 52.0 Å². The summed E-state index contributed by atoms with van der Waals surface area (Å²) in [6.07, 6.45) is 4.69. The molecule has 1 amide bonds. The van der Waals surface area contributed by atoms with E-state index in [4.69, 9.17) is 0 Å². The van der Waals surface area contributed by atoms with Gasteiger partial charge in [-0.05, 0) is 57.2 Å². The Morgan fingerprint density at radius 1 is 1.21 bits per heavy atom. The van der Waals surface area contributed by atoms with Crippen LogP contribution < -0.4 is 5.32 Å². The van der Waals surface area contributed by atoms with Gasteiger partial charge in [-0.15, -0.1) is 0 Å². The summed E-state index contributed by atoms with van der Waals surface area (Å²) in [7, 11) is 0. The summed E-state index contributed by atoms with van der Waals surface area (Å²) in [5.74, 6) is 0.213. The van der Waals surface area contributed by atoms with Crippen molar-refractivity contribution in [2.75, 3.05) is 32.7 Å². The van der Waals surface area contributed by atoms with Crippen LogP contribution in [0.15, 0.2) is 24.3 Å². The second-order valence-electron chi connectivity index (χ2n) is 7.37. The summed E-state index contributed by atoms with van der Waals surface area (Å²) in [5, 5.41) is 3.13. The molecule has 1 atom stereocenters. The molecular weight excluding hydrogens is 298 g/mol. The second-order valence-corrected chi connectivity index (χ2v) is 7.37. The molecule has 4 nitrogen and oxygen atoms in total. The van der Waals surface area contributed by atoms with Crippen LogP contribution in [-0.4, -0.2) is 60.5 Å². The van der Waals surface area contributed by atoms with Gasteiger partial charge in [0.25, 0.3) is 0 Å². The minimum absolute atomic E-state index is 0.0136. The number of rotatable bonds is 7. The molecule has 1 saturated heterocycles. The van der Waals surface area contributed by atoms with Crippen molar-refractivity contribution >= 4 is 5.91 Å².